The predicted octanol–water partition coefficient (Wildman–Crippen LogP) is 17.1. The number of hydrogen-bond acceptors (Lipinski definition) is 4. The van der Waals surface area contributed by atoms with E-state index in [1.54, 1.807) is 0 Å². The third-order valence-electron chi connectivity index (χ3n) is 12.4. The first kappa shape index (κ1) is 40.0. The van der Waals surface area contributed by atoms with Crippen molar-refractivity contribution >= 4 is 120 Å². The maximum Gasteiger partial charge on any atom is 0.137 e. The zero-order chi connectivity index (χ0) is 44.8. The lowest BCUT2D eigenvalue weighted by molar-refractivity contribution is 0.668. The normalized spacial score (nSPS) is 11.4. The summed E-state index contributed by atoms with van der Waals surface area (Å²) in [6.07, 6.45) is 0. The molecule has 0 radical (unpaired) electrons. The van der Waals surface area contributed by atoms with Gasteiger partial charge in [-0.3, -0.25) is 0 Å². The molecule has 6 nitrogen and oxygen atoms in total. The monoisotopic (exact) mass is 928 g/mol. The van der Waals surface area contributed by atoms with Gasteiger partial charge in [0.25, 0.3) is 0 Å². The Kier molecular flexibility index (Phi) is 10.0. The lowest BCUT2D eigenvalue weighted by Crippen LogP contribution is -1.94. The summed E-state index contributed by atoms with van der Waals surface area (Å²) in [4.78, 5) is 0. The maximum atomic E-state index is 5.98. The molecule has 0 aliphatic rings. The van der Waals surface area contributed by atoms with E-state index in [0.717, 1.165) is 71.1 Å². The Morgan fingerprint density at radius 1 is 0.328 bits per heavy atom. The fourth-order valence-corrected chi connectivity index (χ4v) is 9.76. The van der Waals surface area contributed by atoms with Crippen molar-refractivity contribution in [2.45, 2.75) is 0 Å². The first-order valence-electron chi connectivity index (χ1n) is 22.2. The molecule has 0 saturated carbocycles. The van der Waals surface area contributed by atoms with Crippen molar-refractivity contribution < 1.29 is 8.83 Å². The van der Waals surface area contributed by atoms with Crippen LogP contribution in [0.5, 0.6) is 0 Å². The molecule has 0 amide bonds. The van der Waals surface area contributed by atoms with Crippen LogP contribution in [0.3, 0.4) is 0 Å². The third-order valence-corrected chi connectivity index (χ3v) is 12.9. The van der Waals surface area contributed by atoms with Gasteiger partial charge in [0.2, 0.25) is 0 Å². The molecular formula is C60H41BrN4O2. The Morgan fingerprint density at radius 2 is 0.761 bits per heavy atom. The van der Waals surface area contributed by atoms with Gasteiger partial charge in [0, 0.05) is 82.1 Å². The van der Waals surface area contributed by atoms with E-state index in [2.05, 4.69) is 194 Å². The Hall–Kier alpha value is -8.52. The van der Waals surface area contributed by atoms with Gasteiger partial charge in [0.15, 0.2) is 0 Å². The lowest BCUT2D eigenvalue weighted by Gasteiger charge is -2.10. The van der Waals surface area contributed by atoms with Gasteiger partial charge < -0.3 is 29.0 Å². The molecule has 0 bridgehead atoms. The minimum absolute atomic E-state index is 0.733. The van der Waals surface area contributed by atoms with Gasteiger partial charge in [0.05, 0.1) is 22.1 Å². The Balaban J connectivity index is 0.000000116. The van der Waals surface area contributed by atoms with Gasteiger partial charge in [-0.15, -0.1) is 0 Å². The number of nitrogens with two attached hydrogens (primary N) is 1. The highest BCUT2D eigenvalue weighted by atomic mass is 79.9. The molecule has 0 atom stereocenters. The minimum Gasteiger partial charge on any atom is -0.456 e. The number of halogens is 1. The van der Waals surface area contributed by atoms with E-state index in [1.807, 2.05) is 66.7 Å². The van der Waals surface area contributed by atoms with Crippen LogP contribution in [0, 0.1) is 0 Å². The quantitative estimate of drug-likeness (QED) is 0.172. The number of anilines is 3. The van der Waals surface area contributed by atoms with Gasteiger partial charge >= 0.3 is 0 Å². The highest BCUT2D eigenvalue weighted by molar-refractivity contribution is 9.10. The number of furan rings is 2. The van der Waals surface area contributed by atoms with E-state index < -0.39 is 0 Å². The van der Waals surface area contributed by atoms with E-state index in [1.165, 1.54) is 49.3 Å². The molecule has 14 aromatic rings. The molecule has 0 aliphatic heterocycles. The highest BCUT2D eigenvalue weighted by Crippen LogP contribution is 2.37. The van der Waals surface area contributed by atoms with Crippen LogP contribution in [0.2, 0.25) is 0 Å². The number of nitrogens with one attached hydrogen (secondary N) is 1. The Labute approximate surface area is 393 Å². The number of nitrogen functional groups attached to an aromatic ring is 1. The summed E-state index contributed by atoms with van der Waals surface area (Å²) < 4.78 is 17.4. The van der Waals surface area contributed by atoms with Crippen LogP contribution in [0.25, 0.3) is 98.9 Å². The summed E-state index contributed by atoms with van der Waals surface area (Å²) >= 11 is 3.58. The number of fused-ring (bicyclic) bond motifs is 12. The topological polar surface area (TPSA) is 74.2 Å². The molecule has 7 heteroatoms. The average molecular weight is 930 g/mol. The summed E-state index contributed by atoms with van der Waals surface area (Å²) in [5, 5.41) is 13.2. The van der Waals surface area contributed by atoms with Crippen LogP contribution in [-0.4, -0.2) is 9.13 Å². The summed E-state index contributed by atoms with van der Waals surface area (Å²) in [7, 11) is 0. The fraction of sp³-hybridized carbons (Fsp3) is 0. The second-order valence-electron chi connectivity index (χ2n) is 16.6. The zero-order valence-corrected chi connectivity index (χ0v) is 37.7. The molecule has 0 fully saturated rings. The number of rotatable bonds is 4. The molecule has 320 valence electrons. The summed E-state index contributed by atoms with van der Waals surface area (Å²) in [6.45, 7) is 0. The van der Waals surface area contributed by atoms with Crippen molar-refractivity contribution in [2.75, 3.05) is 11.1 Å². The van der Waals surface area contributed by atoms with Crippen molar-refractivity contribution in [3.05, 3.63) is 235 Å². The number of aromatic nitrogens is 2. The first-order valence-corrected chi connectivity index (χ1v) is 23.0. The van der Waals surface area contributed by atoms with Crippen LogP contribution >= 0.6 is 15.9 Å². The van der Waals surface area contributed by atoms with Gasteiger partial charge in [-0.25, -0.2) is 0 Å². The maximum absolute atomic E-state index is 5.98. The second kappa shape index (κ2) is 16.8. The van der Waals surface area contributed by atoms with Crippen molar-refractivity contribution in [3.8, 4) is 11.4 Å². The van der Waals surface area contributed by atoms with Crippen LogP contribution in [0.1, 0.15) is 0 Å². The van der Waals surface area contributed by atoms with E-state index in [9.17, 15) is 0 Å². The molecule has 3 N–H and O–H groups in total. The molecule has 10 aromatic carbocycles. The number of para-hydroxylation sites is 6. The van der Waals surface area contributed by atoms with Crippen molar-refractivity contribution in [2.24, 2.45) is 0 Å². The second-order valence-corrected chi connectivity index (χ2v) is 17.5. The summed E-state index contributed by atoms with van der Waals surface area (Å²) in [6, 6.07) is 79.4. The SMILES string of the molecule is Brc1ccc2c3ccccc3n(-c3ccccc3)c2c1.Nc1ccc2c(c1)oc1ccccc12.c1ccc(-n2c3ccccc3c3ccc(Nc4ccc5oc6ccccc6c5c4)cc32)cc1. The van der Waals surface area contributed by atoms with E-state index in [-0.39, 0.29) is 0 Å². The van der Waals surface area contributed by atoms with E-state index >= 15 is 0 Å². The van der Waals surface area contributed by atoms with Gasteiger partial charge in [-0.2, -0.15) is 0 Å². The molecule has 0 aliphatic carbocycles. The standard InChI is InChI=1S/C30H20N2O.C18H12BrN.C12H9NO/c1-2-8-22(9-3-1)32-27-12-6-4-10-23(27)24-16-14-21(19-28(24)32)31-20-15-17-30-26(18-20)25-11-5-7-13-29(25)33-30;19-13-10-11-16-15-8-4-5-9-17(15)20(18(16)12-13)14-6-2-1-3-7-14;13-8-5-6-10-9-3-1-2-4-11(9)14-12(10)7-8/h1-19,31H;1-12H;1-7H,13H2. The lowest BCUT2D eigenvalue weighted by atomic mass is 10.1. The van der Waals surface area contributed by atoms with Crippen LogP contribution in [0.4, 0.5) is 17.1 Å². The fourth-order valence-electron chi connectivity index (χ4n) is 9.42. The molecule has 14 rings (SSSR count). The van der Waals surface area contributed by atoms with Crippen LogP contribution in [0.15, 0.2) is 244 Å². The smallest absolute Gasteiger partial charge is 0.137 e. The molecule has 4 aromatic heterocycles. The van der Waals surface area contributed by atoms with Crippen molar-refractivity contribution in [3.63, 3.8) is 0 Å². The molecule has 4 heterocycles. The Morgan fingerprint density at radius 3 is 1.40 bits per heavy atom. The molecule has 67 heavy (non-hydrogen) atoms. The molecular weight excluding hydrogens is 889 g/mol. The largest absolute Gasteiger partial charge is 0.456 e. The van der Waals surface area contributed by atoms with Crippen molar-refractivity contribution in [1.29, 1.82) is 0 Å². The summed E-state index contributed by atoms with van der Waals surface area (Å²) in [5.41, 5.74) is 19.3. The molecule has 0 saturated heterocycles. The molecule has 0 spiro atoms. The zero-order valence-electron chi connectivity index (χ0n) is 36.1. The molecule has 0 unspecified atom stereocenters. The van der Waals surface area contributed by atoms with Crippen LogP contribution in [-0.2, 0) is 0 Å². The number of hydrogen-bond donors (Lipinski definition) is 2. The van der Waals surface area contributed by atoms with Gasteiger partial charge in [-0.05, 0) is 103 Å². The van der Waals surface area contributed by atoms with E-state index in [0.29, 0.717) is 0 Å². The minimum atomic E-state index is 0.733. The van der Waals surface area contributed by atoms with Crippen molar-refractivity contribution in [1.82, 2.24) is 9.13 Å². The average Bonchev–Trinajstić information content (AvgIpc) is 4.12. The number of nitrogens with zero attached hydrogens (tertiary/aromatic N) is 2. The Bertz CT molecular complexity index is 4110. The van der Waals surface area contributed by atoms with E-state index in [4.69, 9.17) is 14.6 Å². The van der Waals surface area contributed by atoms with Gasteiger partial charge in [-0.1, -0.05) is 137 Å². The van der Waals surface area contributed by atoms with Gasteiger partial charge in [0.1, 0.15) is 22.3 Å². The van der Waals surface area contributed by atoms with Crippen LogP contribution < -0.4 is 11.1 Å². The third kappa shape index (κ3) is 7.32. The summed E-state index contributed by atoms with van der Waals surface area (Å²) in [5.74, 6) is 0. The predicted molar refractivity (Wildman–Crippen MR) is 284 cm³/mol. The number of benzene rings is 10. The highest BCUT2D eigenvalue weighted by Gasteiger charge is 2.15. The first-order chi connectivity index (χ1) is 33.0.